The average molecular weight is 244 g/mol. The van der Waals surface area contributed by atoms with Crippen LogP contribution in [-0.2, 0) is 6.54 Å². The van der Waals surface area contributed by atoms with Crippen LogP contribution in [0, 0.1) is 0 Å². The molecule has 0 aliphatic rings. The normalized spacial score (nSPS) is 10.1. The van der Waals surface area contributed by atoms with Gasteiger partial charge in [0.25, 0.3) is 0 Å². The first-order valence-electron chi connectivity index (χ1n) is 5.34. The maximum Gasteiger partial charge on any atom is 0.356 e. The Morgan fingerprint density at radius 1 is 1.33 bits per heavy atom. The molecule has 0 atom stereocenters. The van der Waals surface area contributed by atoms with E-state index in [4.69, 9.17) is 5.11 Å². The summed E-state index contributed by atoms with van der Waals surface area (Å²) >= 11 is 0. The topological polar surface area (TPSA) is 79.2 Å². The van der Waals surface area contributed by atoms with E-state index >= 15 is 0 Å². The second-order valence-corrected chi connectivity index (χ2v) is 3.80. The molecular weight excluding hydrogens is 232 g/mol. The Morgan fingerprint density at radius 2 is 2.17 bits per heavy atom. The van der Waals surface area contributed by atoms with Gasteiger partial charge in [0.2, 0.25) is 0 Å². The van der Waals surface area contributed by atoms with Crippen LogP contribution in [0.5, 0.6) is 0 Å². The molecule has 0 spiro atoms. The van der Waals surface area contributed by atoms with E-state index in [1.807, 2.05) is 24.1 Å². The highest BCUT2D eigenvalue weighted by Crippen LogP contribution is 2.11. The number of nitrogens with zero attached hydrogens (tertiary/aromatic N) is 4. The van der Waals surface area contributed by atoms with Crippen LogP contribution >= 0.6 is 0 Å². The van der Waals surface area contributed by atoms with Gasteiger partial charge in [0.05, 0.1) is 0 Å². The monoisotopic (exact) mass is 244 g/mol. The number of carboxylic acids is 1. The van der Waals surface area contributed by atoms with Gasteiger partial charge in [-0.3, -0.25) is 4.98 Å². The maximum atomic E-state index is 10.6. The number of carbonyl (C=O) groups is 1. The Balaban J connectivity index is 2.09. The molecule has 0 bridgehead atoms. The van der Waals surface area contributed by atoms with Crippen LogP contribution in [0.1, 0.15) is 16.1 Å². The van der Waals surface area contributed by atoms with E-state index in [-0.39, 0.29) is 5.69 Å². The molecule has 2 rings (SSSR count). The van der Waals surface area contributed by atoms with Crippen molar-refractivity contribution in [1.29, 1.82) is 0 Å². The smallest absolute Gasteiger partial charge is 0.356 e. The molecule has 2 aromatic heterocycles. The van der Waals surface area contributed by atoms with Crippen molar-refractivity contribution in [2.45, 2.75) is 6.54 Å². The third kappa shape index (κ3) is 2.79. The number of pyridine rings is 1. The summed E-state index contributed by atoms with van der Waals surface area (Å²) < 4.78 is 0. The van der Waals surface area contributed by atoms with Crippen molar-refractivity contribution in [1.82, 2.24) is 15.2 Å². The molecule has 0 saturated carbocycles. The molecule has 6 nitrogen and oxygen atoms in total. The molecule has 0 aliphatic carbocycles. The molecule has 0 aliphatic heterocycles. The molecule has 0 amide bonds. The molecule has 0 unspecified atom stereocenters. The van der Waals surface area contributed by atoms with Gasteiger partial charge in [0.1, 0.15) is 0 Å². The van der Waals surface area contributed by atoms with E-state index in [2.05, 4.69) is 15.2 Å². The zero-order valence-electron chi connectivity index (χ0n) is 9.82. The minimum Gasteiger partial charge on any atom is -0.476 e. The predicted octanol–water partition coefficient (Wildman–Crippen LogP) is 1.21. The summed E-state index contributed by atoms with van der Waals surface area (Å²) in [7, 11) is 1.86. The standard InChI is InChI=1S/C12H12N4O2/c1-16(8-9-3-2-6-13-7-9)11-5-4-10(12(17)18)14-15-11/h2-7H,8H2,1H3,(H,17,18). The highest BCUT2D eigenvalue weighted by Gasteiger charge is 2.08. The molecule has 92 valence electrons. The fourth-order valence-electron chi connectivity index (χ4n) is 1.49. The van der Waals surface area contributed by atoms with Crippen molar-refractivity contribution in [3.8, 4) is 0 Å². The third-order valence-corrected chi connectivity index (χ3v) is 2.40. The highest BCUT2D eigenvalue weighted by molar-refractivity contribution is 5.85. The van der Waals surface area contributed by atoms with Gasteiger partial charge in [-0.05, 0) is 23.8 Å². The number of hydrogen-bond donors (Lipinski definition) is 1. The number of aromatic nitrogens is 3. The van der Waals surface area contributed by atoms with E-state index in [0.29, 0.717) is 12.4 Å². The van der Waals surface area contributed by atoms with Crippen molar-refractivity contribution in [3.05, 3.63) is 47.9 Å². The summed E-state index contributed by atoms with van der Waals surface area (Å²) in [6.07, 6.45) is 3.49. The van der Waals surface area contributed by atoms with Gasteiger partial charge in [0.15, 0.2) is 11.5 Å². The molecule has 1 N–H and O–H groups in total. The number of aromatic carboxylic acids is 1. The maximum absolute atomic E-state index is 10.6. The van der Waals surface area contributed by atoms with E-state index in [1.165, 1.54) is 6.07 Å². The van der Waals surface area contributed by atoms with Crippen LogP contribution in [0.25, 0.3) is 0 Å². The number of carboxylic acid groups (broad SMARTS) is 1. The van der Waals surface area contributed by atoms with Gasteiger partial charge in [-0.2, -0.15) is 0 Å². The van der Waals surface area contributed by atoms with Crippen molar-refractivity contribution in [3.63, 3.8) is 0 Å². The molecule has 0 saturated heterocycles. The van der Waals surface area contributed by atoms with Crippen molar-refractivity contribution < 1.29 is 9.90 Å². The molecule has 2 heterocycles. The molecule has 6 heteroatoms. The van der Waals surface area contributed by atoms with E-state index in [0.717, 1.165) is 5.56 Å². The van der Waals surface area contributed by atoms with E-state index < -0.39 is 5.97 Å². The summed E-state index contributed by atoms with van der Waals surface area (Å²) in [5.74, 6) is -0.465. The summed E-state index contributed by atoms with van der Waals surface area (Å²) in [5, 5.41) is 16.2. The van der Waals surface area contributed by atoms with Crippen molar-refractivity contribution >= 4 is 11.8 Å². The van der Waals surface area contributed by atoms with Crippen LogP contribution < -0.4 is 4.90 Å². The lowest BCUT2D eigenvalue weighted by molar-refractivity contribution is 0.0689. The zero-order valence-corrected chi connectivity index (χ0v) is 9.82. The van der Waals surface area contributed by atoms with Gasteiger partial charge in [-0.25, -0.2) is 4.79 Å². The van der Waals surface area contributed by atoms with E-state index in [1.54, 1.807) is 18.5 Å². The third-order valence-electron chi connectivity index (χ3n) is 2.40. The summed E-state index contributed by atoms with van der Waals surface area (Å²) in [4.78, 5) is 16.5. The summed E-state index contributed by atoms with van der Waals surface area (Å²) in [5.41, 5.74) is 0.984. The van der Waals surface area contributed by atoms with Crippen LogP contribution in [0.3, 0.4) is 0 Å². The number of rotatable bonds is 4. The Labute approximate surface area is 104 Å². The Bertz CT molecular complexity index is 528. The molecule has 18 heavy (non-hydrogen) atoms. The fourth-order valence-corrected chi connectivity index (χ4v) is 1.49. The number of anilines is 1. The second-order valence-electron chi connectivity index (χ2n) is 3.80. The largest absolute Gasteiger partial charge is 0.476 e. The van der Waals surface area contributed by atoms with Crippen molar-refractivity contribution in [2.75, 3.05) is 11.9 Å². The first-order chi connectivity index (χ1) is 8.66. The van der Waals surface area contributed by atoms with E-state index in [9.17, 15) is 4.79 Å². The van der Waals surface area contributed by atoms with Gasteiger partial charge in [-0.1, -0.05) is 6.07 Å². The van der Waals surface area contributed by atoms with Gasteiger partial charge < -0.3 is 10.0 Å². The lowest BCUT2D eigenvalue weighted by Crippen LogP contribution is -2.18. The summed E-state index contributed by atoms with van der Waals surface area (Å²) in [6.45, 7) is 0.634. The lowest BCUT2D eigenvalue weighted by atomic mass is 10.2. The molecule has 0 fully saturated rings. The summed E-state index contributed by atoms with van der Waals surface area (Å²) in [6, 6.07) is 6.89. The van der Waals surface area contributed by atoms with Crippen LogP contribution in [0.2, 0.25) is 0 Å². The molecule has 0 aromatic carbocycles. The first-order valence-corrected chi connectivity index (χ1v) is 5.34. The SMILES string of the molecule is CN(Cc1cccnc1)c1ccc(C(=O)O)nn1. The number of hydrogen-bond acceptors (Lipinski definition) is 5. The average Bonchev–Trinajstić information content (AvgIpc) is 2.40. The minimum atomic E-state index is -1.08. The zero-order chi connectivity index (χ0) is 13.0. The van der Waals surface area contributed by atoms with Gasteiger partial charge in [-0.15, -0.1) is 10.2 Å². The second kappa shape index (κ2) is 5.22. The highest BCUT2D eigenvalue weighted by atomic mass is 16.4. The fraction of sp³-hybridized carbons (Fsp3) is 0.167. The van der Waals surface area contributed by atoms with Crippen LogP contribution in [0.15, 0.2) is 36.7 Å². The van der Waals surface area contributed by atoms with Gasteiger partial charge in [0, 0.05) is 26.0 Å². The Kier molecular flexibility index (Phi) is 3.47. The van der Waals surface area contributed by atoms with Crippen molar-refractivity contribution in [2.24, 2.45) is 0 Å². The molecular formula is C12H12N4O2. The Morgan fingerprint density at radius 3 is 2.72 bits per heavy atom. The first kappa shape index (κ1) is 12.0. The molecule has 2 aromatic rings. The Hall–Kier alpha value is -2.50. The lowest BCUT2D eigenvalue weighted by Gasteiger charge is -2.17. The van der Waals surface area contributed by atoms with Crippen LogP contribution in [-0.4, -0.2) is 33.3 Å². The van der Waals surface area contributed by atoms with Gasteiger partial charge >= 0.3 is 5.97 Å². The molecule has 0 radical (unpaired) electrons. The predicted molar refractivity (Wildman–Crippen MR) is 65.3 cm³/mol. The minimum absolute atomic E-state index is 0.0615. The quantitative estimate of drug-likeness (QED) is 0.870. The van der Waals surface area contributed by atoms with Crippen LogP contribution in [0.4, 0.5) is 5.82 Å².